The number of benzene rings is 2. The summed E-state index contributed by atoms with van der Waals surface area (Å²) in [5.41, 5.74) is -0.989. The third kappa shape index (κ3) is 4.36. The van der Waals surface area contributed by atoms with Crippen molar-refractivity contribution in [2.75, 3.05) is 13.1 Å². The Labute approximate surface area is 167 Å². The second kappa shape index (κ2) is 8.55. The molecule has 8 nitrogen and oxygen atoms in total. The van der Waals surface area contributed by atoms with Gasteiger partial charge in [0.1, 0.15) is 23.2 Å². The van der Waals surface area contributed by atoms with Gasteiger partial charge in [0.25, 0.3) is 0 Å². The average molecular weight is 419 g/mol. The van der Waals surface area contributed by atoms with Crippen LogP contribution in [0.2, 0.25) is 0 Å². The van der Waals surface area contributed by atoms with E-state index in [2.05, 4.69) is 0 Å². The van der Waals surface area contributed by atoms with E-state index in [4.69, 9.17) is 10.00 Å². The molecule has 0 unspecified atom stereocenters. The summed E-state index contributed by atoms with van der Waals surface area (Å²) in [6.45, 7) is 0.729. The first-order valence-corrected chi connectivity index (χ1v) is 10.4. The van der Waals surface area contributed by atoms with Crippen molar-refractivity contribution in [3.63, 3.8) is 0 Å². The number of nitrogens with zero attached hydrogens (tertiary/aromatic N) is 3. The molecule has 2 aromatic rings. The van der Waals surface area contributed by atoms with Crippen LogP contribution in [0.25, 0.3) is 0 Å². The van der Waals surface area contributed by atoms with Crippen LogP contribution in [0.3, 0.4) is 0 Å². The third-order valence-electron chi connectivity index (χ3n) is 4.64. The van der Waals surface area contributed by atoms with Crippen LogP contribution in [0.15, 0.2) is 41.3 Å². The molecule has 29 heavy (non-hydrogen) atoms. The number of nitriles is 1. The van der Waals surface area contributed by atoms with Crippen molar-refractivity contribution in [3.8, 4) is 17.6 Å². The van der Waals surface area contributed by atoms with Gasteiger partial charge in [-0.3, -0.25) is 10.1 Å². The number of hydrogen-bond acceptors (Lipinski definition) is 6. The van der Waals surface area contributed by atoms with Gasteiger partial charge in [-0.1, -0.05) is 18.9 Å². The van der Waals surface area contributed by atoms with Crippen molar-refractivity contribution in [2.45, 2.75) is 30.6 Å². The molecule has 2 aromatic carbocycles. The highest BCUT2D eigenvalue weighted by molar-refractivity contribution is 7.89. The smallest absolute Gasteiger partial charge is 0.312 e. The van der Waals surface area contributed by atoms with Gasteiger partial charge in [0.05, 0.1) is 9.82 Å². The Morgan fingerprint density at radius 2 is 1.79 bits per heavy atom. The Morgan fingerprint density at radius 3 is 2.41 bits per heavy atom. The van der Waals surface area contributed by atoms with Crippen LogP contribution in [0.5, 0.6) is 11.5 Å². The summed E-state index contributed by atoms with van der Waals surface area (Å²) in [6, 6.07) is 8.61. The van der Waals surface area contributed by atoms with Crippen molar-refractivity contribution in [1.82, 2.24) is 4.31 Å². The summed E-state index contributed by atoms with van der Waals surface area (Å²) in [6.07, 6.45) is 3.35. The van der Waals surface area contributed by atoms with Crippen molar-refractivity contribution in [3.05, 3.63) is 57.9 Å². The molecule has 1 aliphatic heterocycles. The molecule has 0 aromatic heterocycles. The van der Waals surface area contributed by atoms with E-state index in [1.807, 2.05) is 0 Å². The number of halogens is 1. The van der Waals surface area contributed by atoms with E-state index < -0.39 is 32.0 Å². The molecule has 1 saturated heterocycles. The lowest BCUT2D eigenvalue weighted by atomic mass is 10.2. The van der Waals surface area contributed by atoms with Crippen LogP contribution in [0.4, 0.5) is 10.1 Å². The molecule has 0 amide bonds. The Morgan fingerprint density at radius 1 is 1.10 bits per heavy atom. The van der Waals surface area contributed by atoms with Crippen LogP contribution in [0.1, 0.15) is 31.2 Å². The van der Waals surface area contributed by atoms with Gasteiger partial charge in [-0.05, 0) is 37.1 Å². The summed E-state index contributed by atoms with van der Waals surface area (Å²) in [5.74, 6) is -1.31. The van der Waals surface area contributed by atoms with Gasteiger partial charge in [-0.25, -0.2) is 12.8 Å². The molecular formula is C19H18FN3O5S. The Hall–Kier alpha value is -3.03. The van der Waals surface area contributed by atoms with E-state index in [0.717, 1.165) is 43.9 Å². The van der Waals surface area contributed by atoms with Gasteiger partial charge >= 0.3 is 5.69 Å². The third-order valence-corrected chi connectivity index (χ3v) is 6.53. The first-order valence-electron chi connectivity index (χ1n) is 8.99. The van der Waals surface area contributed by atoms with E-state index in [9.17, 15) is 22.9 Å². The van der Waals surface area contributed by atoms with E-state index in [1.54, 1.807) is 6.07 Å². The quantitative estimate of drug-likeness (QED) is 0.535. The monoisotopic (exact) mass is 419 g/mol. The zero-order valence-electron chi connectivity index (χ0n) is 15.4. The summed E-state index contributed by atoms with van der Waals surface area (Å²) in [5, 5.41) is 20.6. The Balaban J connectivity index is 1.99. The minimum atomic E-state index is -3.89. The zero-order valence-corrected chi connectivity index (χ0v) is 16.2. The maximum atomic E-state index is 13.8. The average Bonchev–Trinajstić information content (AvgIpc) is 2.98. The summed E-state index contributed by atoms with van der Waals surface area (Å²) in [7, 11) is -3.89. The van der Waals surface area contributed by atoms with Gasteiger partial charge in [-0.2, -0.15) is 9.57 Å². The van der Waals surface area contributed by atoms with Crippen LogP contribution in [-0.4, -0.2) is 30.7 Å². The molecule has 1 fully saturated rings. The first kappa shape index (κ1) is 20.7. The second-order valence-electron chi connectivity index (χ2n) is 6.53. The number of hydrogen-bond donors (Lipinski definition) is 0. The van der Waals surface area contributed by atoms with Crippen molar-refractivity contribution >= 4 is 15.7 Å². The molecule has 0 spiro atoms. The molecule has 0 aliphatic carbocycles. The number of nitro groups is 1. The molecule has 1 heterocycles. The molecule has 10 heteroatoms. The maximum absolute atomic E-state index is 13.8. The van der Waals surface area contributed by atoms with Gasteiger partial charge in [0.2, 0.25) is 15.8 Å². The SMILES string of the molecule is N#Cc1c(F)cccc1Oc1ccc(S(=O)(=O)N2CCCCCC2)cc1[N+](=O)[O-]. The summed E-state index contributed by atoms with van der Waals surface area (Å²) < 4.78 is 46.3. The van der Waals surface area contributed by atoms with Crippen molar-refractivity contribution < 1.29 is 22.5 Å². The number of nitro benzene ring substituents is 1. The molecule has 3 rings (SSSR count). The number of rotatable bonds is 5. The molecule has 1 aliphatic rings. The predicted molar refractivity (Wildman–Crippen MR) is 102 cm³/mol. The molecule has 0 saturated carbocycles. The zero-order chi connectivity index (χ0) is 21.0. The fourth-order valence-electron chi connectivity index (χ4n) is 3.13. The maximum Gasteiger partial charge on any atom is 0.312 e. The second-order valence-corrected chi connectivity index (χ2v) is 8.47. The van der Waals surface area contributed by atoms with Crippen molar-refractivity contribution in [1.29, 1.82) is 5.26 Å². The van der Waals surface area contributed by atoms with Gasteiger partial charge in [-0.15, -0.1) is 0 Å². The highest BCUT2D eigenvalue weighted by Gasteiger charge is 2.29. The highest BCUT2D eigenvalue weighted by atomic mass is 32.2. The lowest BCUT2D eigenvalue weighted by molar-refractivity contribution is -0.385. The first-order chi connectivity index (χ1) is 13.8. The number of sulfonamides is 1. The molecule has 0 bridgehead atoms. The molecular weight excluding hydrogens is 401 g/mol. The van der Waals surface area contributed by atoms with Crippen molar-refractivity contribution in [2.24, 2.45) is 0 Å². The summed E-state index contributed by atoms with van der Waals surface area (Å²) >= 11 is 0. The van der Waals surface area contributed by atoms with Crippen LogP contribution in [0, 0.1) is 27.3 Å². The molecule has 0 radical (unpaired) electrons. The topological polar surface area (TPSA) is 114 Å². The highest BCUT2D eigenvalue weighted by Crippen LogP contribution is 2.36. The lowest BCUT2D eigenvalue weighted by Gasteiger charge is -2.20. The normalized spacial score (nSPS) is 15.3. The molecule has 0 atom stereocenters. The van der Waals surface area contributed by atoms with Gasteiger partial charge < -0.3 is 4.74 Å². The lowest BCUT2D eigenvalue weighted by Crippen LogP contribution is -2.31. The Bertz CT molecular complexity index is 1070. The fraction of sp³-hybridized carbons (Fsp3) is 0.316. The summed E-state index contributed by atoms with van der Waals surface area (Å²) in [4.78, 5) is 10.5. The number of ether oxygens (including phenoxy) is 1. The van der Waals surface area contributed by atoms with Crippen LogP contribution >= 0.6 is 0 Å². The van der Waals surface area contributed by atoms with Crippen LogP contribution in [-0.2, 0) is 10.0 Å². The minimum Gasteiger partial charge on any atom is -0.449 e. The van der Waals surface area contributed by atoms with Gasteiger partial charge in [0, 0.05) is 19.2 Å². The van der Waals surface area contributed by atoms with E-state index in [0.29, 0.717) is 13.1 Å². The van der Waals surface area contributed by atoms with Gasteiger partial charge in [0.15, 0.2) is 0 Å². The predicted octanol–water partition coefficient (Wildman–Crippen LogP) is 3.96. The molecule has 152 valence electrons. The van der Waals surface area contributed by atoms with Crippen LogP contribution < -0.4 is 4.74 Å². The Kier molecular flexibility index (Phi) is 6.10. The standard InChI is InChI=1S/C19H18FN3O5S/c20-16-6-5-7-18(15(16)13-21)28-19-9-8-14(12-17(19)23(24)25)29(26,27)22-10-3-1-2-4-11-22/h5-9,12H,1-4,10-11H2. The fourth-order valence-corrected chi connectivity index (χ4v) is 4.67. The van der Waals surface area contributed by atoms with E-state index >= 15 is 0 Å². The largest absolute Gasteiger partial charge is 0.449 e. The van der Waals surface area contributed by atoms with E-state index in [1.165, 1.54) is 22.5 Å². The minimum absolute atomic E-state index is 0.196. The molecule has 0 N–H and O–H groups in total. The van der Waals surface area contributed by atoms with E-state index in [-0.39, 0.29) is 16.4 Å².